The van der Waals surface area contributed by atoms with E-state index in [0.717, 1.165) is 5.01 Å². The van der Waals surface area contributed by atoms with E-state index in [-0.39, 0.29) is 17.7 Å². The highest BCUT2D eigenvalue weighted by Gasteiger charge is 2.26. The summed E-state index contributed by atoms with van der Waals surface area (Å²) in [5.74, 6) is -0.993. The summed E-state index contributed by atoms with van der Waals surface area (Å²) in [6.07, 6.45) is -0.0952. The summed E-state index contributed by atoms with van der Waals surface area (Å²) >= 11 is 7.38. The van der Waals surface area contributed by atoms with Crippen molar-refractivity contribution in [1.82, 2.24) is 8.96 Å². The zero-order valence-corrected chi connectivity index (χ0v) is 17.1. The molecule has 0 aliphatic carbocycles. The van der Waals surface area contributed by atoms with Gasteiger partial charge in [0.25, 0.3) is 10.0 Å². The van der Waals surface area contributed by atoms with Gasteiger partial charge in [-0.2, -0.15) is 0 Å². The zero-order valence-electron chi connectivity index (χ0n) is 14.7. The molecule has 0 saturated carbocycles. The Morgan fingerprint density at radius 1 is 1.25 bits per heavy atom. The van der Waals surface area contributed by atoms with Crippen LogP contribution in [0.5, 0.6) is 0 Å². The van der Waals surface area contributed by atoms with Gasteiger partial charge in [0.1, 0.15) is 4.90 Å². The first kappa shape index (κ1) is 18.9. The van der Waals surface area contributed by atoms with Crippen LogP contribution in [0.1, 0.15) is 17.1 Å². The normalized spacial score (nSPS) is 12.1. The Hall–Kier alpha value is -2.42. The average Bonchev–Trinajstić information content (AvgIpc) is 3.18. The van der Waals surface area contributed by atoms with E-state index in [1.54, 1.807) is 42.5 Å². The number of benzene rings is 2. The number of thiazole rings is 1. The van der Waals surface area contributed by atoms with Crippen LogP contribution in [0.3, 0.4) is 0 Å². The fourth-order valence-corrected chi connectivity index (χ4v) is 6.36. The quantitative estimate of drug-likeness (QED) is 0.500. The van der Waals surface area contributed by atoms with E-state index in [1.165, 1.54) is 15.3 Å². The molecule has 0 radical (unpaired) electrons. The molecule has 0 unspecified atom stereocenters. The molecule has 0 aliphatic heterocycles. The molecule has 0 amide bonds. The zero-order chi connectivity index (χ0) is 20.1. The van der Waals surface area contributed by atoms with Crippen LogP contribution < -0.4 is 0 Å². The van der Waals surface area contributed by atoms with E-state index in [9.17, 15) is 13.2 Å². The van der Waals surface area contributed by atoms with Crippen LogP contribution >= 0.6 is 22.9 Å². The number of hydrogen-bond donors (Lipinski definition) is 1. The van der Waals surface area contributed by atoms with Crippen molar-refractivity contribution in [1.29, 1.82) is 0 Å². The summed E-state index contributed by atoms with van der Waals surface area (Å²) in [4.78, 5) is 15.6. The highest BCUT2D eigenvalue weighted by molar-refractivity contribution is 7.90. The molecule has 1 N–H and O–H groups in total. The molecule has 0 aliphatic rings. The third-order valence-corrected chi connectivity index (χ3v) is 7.58. The highest BCUT2D eigenvalue weighted by Crippen LogP contribution is 2.33. The van der Waals surface area contributed by atoms with E-state index in [2.05, 4.69) is 4.98 Å². The Labute approximate surface area is 170 Å². The number of aromatic nitrogens is 2. The minimum atomic E-state index is -3.98. The van der Waals surface area contributed by atoms with Crippen molar-refractivity contribution >= 4 is 60.0 Å². The lowest BCUT2D eigenvalue weighted by Gasteiger charge is -2.12. The number of nitrogens with zero attached hydrogens (tertiary/aromatic N) is 2. The van der Waals surface area contributed by atoms with Crippen LogP contribution in [0, 0.1) is 6.92 Å². The first-order valence-electron chi connectivity index (χ1n) is 8.41. The maximum absolute atomic E-state index is 13.6. The maximum atomic E-state index is 13.6. The SMILES string of the molecule is Cc1nc2cccc(S(=O)(=O)n3c(CCC(=O)O)cc4cc(Cl)ccc43)c2s1. The summed E-state index contributed by atoms with van der Waals surface area (Å²) in [7, 11) is -3.98. The Balaban J connectivity index is 2.00. The molecule has 6 nitrogen and oxygen atoms in total. The molecule has 0 atom stereocenters. The Bertz CT molecular complexity index is 1340. The van der Waals surface area contributed by atoms with Gasteiger partial charge in [0.2, 0.25) is 0 Å². The van der Waals surface area contributed by atoms with Gasteiger partial charge in [-0.3, -0.25) is 4.79 Å². The predicted molar refractivity (Wildman–Crippen MR) is 110 cm³/mol. The van der Waals surface area contributed by atoms with E-state index >= 15 is 0 Å². The number of carbonyl (C=O) groups is 1. The number of fused-ring (bicyclic) bond motifs is 2. The van der Waals surface area contributed by atoms with Gasteiger partial charge >= 0.3 is 5.97 Å². The minimum Gasteiger partial charge on any atom is -0.481 e. The summed E-state index contributed by atoms with van der Waals surface area (Å²) < 4.78 is 29.1. The smallest absolute Gasteiger partial charge is 0.303 e. The molecular weight excluding hydrogens is 420 g/mol. The molecule has 0 spiro atoms. The molecule has 28 heavy (non-hydrogen) atoms. The lowest BCUT2D eigenvalue weighted by atomic mass is 10.2. The van der Waals surface area contributed by atoms with Crippen LogP contribution in [0.2, 0.25) is 5.02 Å². The van der Waals surface area contributed by atoms with Gasteiger partial charge in [-0.25, -0.2) is 17.4 Å². The molecule has 2 heterocycles. The van der Waals surface area contributed by atoms with Crippen LogP contribution in [0.25, 0.3) is 21.1 Å². The molecule has 2 aromatic heterocycles. The Morgan fingerprint density at radius 3 is 2.79 bits per heavy atom. The second-order valence-corrected chi connectivity index (χ2v) is 9.73. The maximum Gasteiger partial charge on any atom is 0.303 e. The fraction of sp³-hybridized carbons (Fsp3) is 0.158. The molecule has 144 valence electrons. The van der Waals surface area contributed by atoms with Crippen molar-refractivity contribution in [2.24, 2.45) is 0 Å². The summed E-state index contributed by atoms with van der Waals surface area (Å²) in [5.41, 5.74) is 1.48. The molecule has 9 heteroatoms. The summed E-state index contributed by atoms with van der Waals surface area (Å²) in [5, 5.41) is 11.0. The lowest BCUT2D eigenvalue weighted by Crippen LogP contribution is -2.16. The van der Waals surface area contributed by atoms with Crippen LogP contribution in [0.15, 0.2) is 47.4 Å². The number of halogens is 1. The van der Waals surface area contributed by atoms with Crippen molar-refractivity contribution in [3.63, 3.8) is 0 Å². The summed E-state index contributed by atoms with van der Waals surface area (Å²) in [6.45, 7) is 1.83. The Morgan fingerprint density at radius 2 is 2.04 bits per heavy atom. The lowest BCUT2D eigenvalue weighted by molar-refractivity contribution is -0.136. The standard InChI is InChI=1S/C19H15ClN2O4S2/c1-11-21-15-3-2-4-17(19(15)27-11)28(25,26)22-14(6-8-18(23)24)10-12-9-13(20)5-7-16(12)22/h2-5,7,9-10H,6,8H2,1H3,(H,23,24). The molecule has 4 aromatic rings. The molecule has 0 saturated heterocycles. The number of aryl methyl sites for hydroxylation is 2. The van der Waals surface area contributed by atoms with Gasteiger partial charge < -0.3 is 5.11 Å². The van der Waals surface area contributed by atoms with Crippen molar-refractivity contribution < 1.29 is 18.3 Å². The Kier molecular flexibility index (Phi) is 4.65. The second kappa shape index (κ2) is 6.88. The van der Waals surface area contributed by atoms with E-state index in [1.807, 2.05) is 6.92 Å². The molecule has 2 aromatic carbocycles. The van der Waals surface area contributed by atoms with Crippen LogP contribution in [-0.2, 0) is 21.2 Å². The molecule has 0 fully saturated rings. The largest absolute Gasteiger partial charge is 0.481 e. The van der Waals surface area contributed by atoms with Crippen molar-refractivity contribution in [3.8, 4) is 0 Å². The van der Waals surface area contributed by atoms with Crippen molar-refractivity contribution in [2.75, 3.05) is 0 Å². The number of rotatable bonds is 5. The second-order valence-electron chi connectivity index (χ2n) is 6.34. The van der Waals surface area contributed by atoms with E-state index in [4.69, 9.17) is 16.7 Å². The first-order valence-corrected chi connectivity index (χ1v) is 11.0. The number of carboxylic acids is 1. The average molecular weight is 435 g/mol. The number of hydrogen-bond acceptors (Lipinski definition) is 5. The van der Waals surface area contributed by atoms with E-state index in [0.29, 0.717) is 31.8 Å². The van der Waals surface area contributed by atoms with Crippen molar-refractivity contribution in [2.45, 2.75) is 24.7 Å². The molecular formula is C19H15ClN2O4S2. The van der Waals surface area contributed by atoms with E-state index < -0.39 is 16.0 Å². The fourth-order valence-electron chi connectivity index (χ4n) is 3.25. The monoisotopic (exact) mass is 434 g/mol. The number of carboxylic acid groups (broad SMARTS) is 1. The van der Waals surface area contributed by atoms with Gasteiger partial charge in [0.15, 0.2) is 0 Å². The van der Waals surface area contributed by atoms with Gasteiger partial charge in [0, 0.05) is 16.1 Å². The van der Waals surface area contributed by atoms with Crippen LogP contribution in [0.4, 0.5) is 0 Å². The third-order valence-electron chi connectivity index (χ3n) is 4.39. The van der Waals surface area contributed by atoms with Gasteiger partial charge in [0.05, 0.1) is 27.2 Å². The minimum absolute atomic E-state index is 0.0819. The summed E-state index contributed by atoms with van der Waals surface area (Å²) in [6, 6.07) is 11.6. The first-order chi connectivity index (χ1) is 13.3. The van der Waals surface area contributed by atoms with Crippen LogP contribution in [-0.4, -0.2) is 28.5 Å². The molecule has 0 bridgehead atoms. The topological polar surface area (TPSA) is 89.3 Å². The van der Waals surface area contributed by atoms with Crippen molar-refractivity contribution in [3.05, 3.63) is 58.2 Å². The number of aliphatic carboxylic acids is 1. The van der Waals surface area contributed by atoms with Gasteiger partial charge in [-0.1, -0.05) is 17.7 Å². The van der Waals surface area contributed by atoms with Gasteiger partial charge in [-0.05, 0) is 49.7 Å². The van der Waals surface area contributed by atoms with Gasteiger partial charge in [-0.15, -0.1) is 11.3 Å². The third kappa shape index (κ3) is 3.17. The molecule has 4 rings (SSSR count). The predicted octanol–water partition coefficient (Wildman–Crippen LogP) is 4.47. The highest BCUT2D eigenvalue weighted by atomic mass is 35.5.